The van der Waals surface area contributed by atoms with Gasteiger partial charge in [-0.3, -0.25) is 0 Å². The first-order chi connectivity index (χ1) is 9.84. The van der Waals surface area contributed by atoms with E-state index in [9.17, 15) is 0 Å². The Morgan fingerprint density at radius 1 is 1.15 bits per heavy atom. The van der Waals surface area contributed by atoms with E-state index in [1.54, 1.807) is 0 Å². The molecule has 1 aromatic rings. The van der Waals surface area contributed by atoms with Gasteiger partial charge in [-0.15, -0.1) is 0 Å². The van der Waals surface area contributed by atoms with Crippen LogP contribution in [0.5, 0.6) is 11.5 Å². The standard InChI is InChI=1S/C17H25NO2/c1-13(14-6-3-2-4-7-14)18-12-15-8-5-9-16-17(15)20-11-10-19-16/h5,8-9,13-14,18H,2-4,6-7,10-12H2,1H3/t13-/m1/s1. The summed E-state index contributed by atoms with van der Waals surface area (Å²) in [4.78, 5) is 0. The fourth-order valence-electron chi connectivity index (χ4n) is 3.35. The molecule has 3 heteroatoms. The fraction of sp³-hybridized carbons (Fsp3) is 0.647. The van der Waals surface area contributed by atoms with Crippen molar-refractivity contribution in [2.45, 2.75) is 51.6 Å². The van der Waals surface area contributed by atoms with Crippen LogP contribution in [-0.2, 0) is 6.54 Å². The number of rotatable bonds is 4. The van der Waals surface area contributed by atoms with Crippen LogP contribution in [0.3, 0.4) is 0 Å². The zero-order chi connectivity index (χ0) is 13.8. The van der Waals surface area contributed by atoms with Crippen molar-refractivity contribution >= 4 is 0 Å². The minimum atomic E-state index is 0.579. The number of benzene rings is 1. The van der Waals surface area contributed by atoms with Crippen LogP contribution in [0.4, 0.5) is 0 Å². The van der Waals surface area contributed by atoms with E-state index in [-0.39, 0.29) is 0 Å². The highest BCUT2D eigenvalue weighted by molar-refractivity contribution is 5.47. The van der Waals surface area contributed by atoms with Crippen molar-refractivity contribution in [1.82, 2.24) is 5.32 Å². The maximum atomic E-state index is 5.77. The summed E-state index contributed by atoms with van der Waals surface area (Å²) in [5.74, 6) is 2.66. The van der Waals surface area contributed by atoms with Crippen molar-refractivity contribution < 1.29 is 9.47 Å². The average molecular weight is 275 g/mol. The van der Waals surface area contributed by atoms with Crippen molar-refractivity contribution in [3.05, 3.63) is 23.8 Å². The van der Waals surface area contributed by atoms with E-state index >= 15 is 0 Å². The first-order valence-electron chi connectivity index (χ1n) is 7.95. The Morgan fingerprint density at radius 2 is 1.95 bits per heavy atom. The molecule has 1 N–H and O–H groups in total. The van der Waals surface area contributed by atoms with Gasteiger partial charge in [0.1, 0.15) is 13.2 Å². The van der Waals surface area contributed by atoms with Crippen molar-refractivity contribution in [3.63, 3.8) is 0 Å². The minimum absolute atomic E-state index is 0.579. The van der Waals surface area contributed by atoms with Crippen molar-refractivity contribution in [2.24, 2.45) is 5.92 Å². The Hall–Kier alpha value is -1.22. The van der Waals surface area contributed by atoms with Gasteiger partial charge in [0.15, 0.2) is 11.5 Å². The van der Waals surface area contributed by atoms with E-state index in [0.29, 0.717) is 19.3 Å². The van der Waals surface area contributed by atoms with E-state index < -0.39 is 0 Å². The van der Waals surface area contributed by atoms with Crippen LogP contribution in [-0.4, -0.2) is 19.3 Å². The molecule has 3 rings (SSSR count). The third kappa shape index (κ3) is 3.09. The molecule has 0 saturated heterocycles. The largest absolute Gasteiger partial charge is 0.486 e. The Bertz CT molecular complexity index is 441. The van der Waals surface area contributed by atoms with E-state index in [4.69, 9.17) is 9.47 Å². The number of hydrogen-bond acceptors (Lipinski definition) is 3. The van der Waals surface area contributed by atoms with Gasteiger partial charge in [-0.25, -0.2) is 0 Å². The molecule has 1 aliphatic carbocycles. The van der Waals surface area contributed by atoms with Gasteiger partial charge < -0.3 is 14.8 Å². The number of hydrogen-bond donors (Lipinski definition) is 1. The van der Waals surface area contributed by atoms with Gasteiger partial charge in [-0.05, 0) is 31.7 Å². The molecule has 1 saturated carbocycles. The Balaban J connectivity index is 1.60. The molecular weight excluding hydrogens is 250 g/mol. The van der Waals surface area contributed by atoms with Crippen LogP contribution in [0.25, 0.3) is 0 Å². The molecule has 1 fully saturated rings. The minimum Gasteiger partial charge on any atom is -0.486 e. The van der Waals surface area contributed by atoms with E-state index in [1.165, 1.54) is 37.7 Å². The molecular formula is C17H25NO2. The summed E-state index contributed by atoms with van der Waals surface area (Å²) in [5.41, 5.74) is 1.21. The maximum absolute atomic E-state index is 5.77. The molecule has 0 amide bonds. The van der Waals surface area contributed by atoms with Gasteiger partial charge in [-0.1, -0.05) is 31.4 Å². The molecule has 0 aromatic heterocycles. The van der Waals surface area contributed by atoms with E-state index in [0.717, 1.165) is 24.0 Å². The van der Waals surface area contributed by atoms with Crippen LogP contribution < -0.4 is 14.8 Å². The molecule has 20 heavy (non-hydrogen) atoms. The Kier molecular flexibility index (Phi) is 4.46. The number of para-hydroxylation sites is 1. The van der Waals surface area contributed by atoms with Crippen LogP contribution in [0, 0.1) is 5.92 Å². The zero-order valence-electron chi connectivity index (χ0n) is 12.4. The summed E-state index contributed by atoms with van der Waals surface area (Å²) < 4.78 is 11.4. The second kappa shape index (κ2) is 6.49. The molecule has 0 spiro atoms. The highest BCUT2D eigenvalue weighted by Gasteiger charge is 2.21. The number of nitrogens with one attached hydrogen (secondary N) is 1. The second-order valence-electron chi connectivity index (χ2n) is 6.01. The normalized spacial score (nSPS) is 20.6. The maximum Gasteiger partial charge on any atom is 0.165 e. The summed E-state index contributed by atoms with van der Waals surface area (Å²) in [5, 5.41) is 3.68. The Labute approximate surface area is 121 Å². The summed E-state index contributed by atoms with van der Waals surface area (Å²) in [6.45, 7) is 4.50. The smallest absolute Gasteiger partial charge is 0.165 e. The zero-order valence-corrected chi connectivity index (χ0v) is 12.4. The quantitative estimate of drug-likeness (QED) is 0.912. The number of ether oxygens (including phenoxy) is 2. The van der Waals surface area contributed by atoms with Crippen LogP contribution in [0.2, 0.25) is 0 Å². The molecule has 3 nitrogen and oxygen atoms in total. The third-order valence-electron chi connectivity index (χ3n) is 4.62. The predicted octanol–water partition coefficient (Wildman–Crippen LogP) is 3.52. The molecule has 1 aromatic carbocycles. The van der Waals surface area contributed by atoms with Gasteiger partial charge >= 0.3 is 0 Å². The van der Waals surface area contributed by atoms with Crippen LogP contribution >= 0.6 is 0 Å². The van der Waals surface area contributed by atoms with Gasteiger partial charge in [0.05, 0.1) is 0 Å². The average Bonchev–Trinajstić information content (AvgIpc) is 2.53. The van der Waals surface area contributed by atoms with Gasteiger partial charge in [-0.2, -0.15) is 0 Å². The molecule has 1 aliphatic heterocycles. The van der Waals surface area contributed by atoms with E-state index in [1.807, 2.05) is 6.07 Å². The summed E-state index contributed by atoms with van der Waals surface area (Å²) >= 11 is 0. The Morgan fingerprint density at radius 3 is 2.80 bits per heavy atom. The lowest BCUT2D eigenvalue weighted by Gasteiger charge is -2.29. The SMILES string of the molecule is C[C@@H](NCc1cccc2c1OCCO2)C1CCCCC1. The van der Waals surface area contributed by atoms with E-state index in [2.05, 4.69) is 24.4 Å². The topological polar surface area (TPSA) is 30.5 Å². The monoisotopic (exact) mass is 275 g/mol. The lowest BCUT2D eigenvalue weighted by molar-refractivity contribution is 0.169. The van der Waals surface area contributed by atoms with Gasteiger partial charge in [0, 0.05) is 18.2 Å². The summed E-state index contributed by atoms with van der Waals surface area (Å²) in [6.07, 6.45) is 6.96. The fourth-order valence-corrected chi connectivity index (χ4v) is 3.35. The van der Waals surface area contributed by atoms with Gasteiger partial charge in [0.2, 0.25) is 0 Å². The molecule has 110 valence electrons. The molecule has 2 aliphatic rings. The summed E-state index contributed by atoms with van der Waals surface area (Å²) in [7, 11) is 0. The van der Waals surface area contributed by atoms with Crippen molar-refractivity contribution in [3.8, 4) is 11.5 Å². The van der Waals surface area contributed by atoms with Crippen LogP contribution in [0.15, 0.2) is 18.2 Å². The predicted molar refractivity (Wildman–Crippen MR) is 80.3 cm³/mol. The molecule has 1 heterocycles. The second-order valence-corrected chi connectivity index (χ2v) is 6.01. The number of fused-ring (bicyclic) bond motifs is 1. The highest BCUT2D eigenvalue weighted by atomic mass is 16.6. The molecule has 0 radical (unpaired) electrons. The lowest BCUT2D eigenvalue weighted by atomic mass is 9.84. The molecule has 0 unspecified atom stereocenters. The first kappa shape index (κ1) is 13.7. The third-order valence-corrected chi connectivity index (χ3v) is 4.62. The highest BCUT2D eigenvalue weighted by Crippen LogP contribution is 2.34. The first-order valence-corrected chi connectivity index (χ1v) is 7.95. The van der Waals surface area contributed by atoms with Crippen molar-refractivity contribution in [2.75, 3.05) is 13.2 Å². The molecule has 1 atom stereocenters. The van der Waals surface area contributed by atoms with Gasteiger partial charge in [0.25, 0.3) is 0 Å². The molecule has 0 bridgehead atoms. The van der Waals surface area contributed by atoms with Crippen molar-refractivity contribution in [1.29, 1.82) is 0 Å². The lowest BCUT2D eigenvalue weighted by Crippen LogP contribution is -2.34. The van der Waals surface area contributed by atoms with Crippen LogP contribution in [0.1, 0.15) is 44.6 Å². The summed E-state index contributed by atoms with van der Waals surface area (Å²) in [6, 6.07) is 6.75.